The fraction of sp³-hybridized carbons (Fsp3) is 0.409. The van der Waals surface area contributed by atoms with Crippen molar-refractivity contribution in [2.45, 2.75) is 25.8 Å². The molecule has 0 bridgehead atoms. The van der Waals surface area contributed by atoms with Gasteiger partial charge in [-0.05, 0) is 31.4 Å². The van der Waals surface area contributed by atoms with Crippen molar-refractivity contribution in [3.05, 3.63) is 47.5 Å². The zero-order valence-electron chi connectivity index (χ0n) is 17.0. The number of hydrogen-bond acceptors (Lipinski definition) is 5. The van der Waals surface area contributed by atoms with Gasteiger partial charge in [0.15, 0.2) is 17.1 Å². The predicted octanol–water partition coefficient (Wildman–Crippen LogP) is 2.57. The average Bonchev–Trinajstić information content (AvgIpc) is 3.42. The molecular formula is C22H24N4O4. The Balaban J connectivity index is 1.27. The van der Waals surface area contributed by atoms with Crippen LogP contribution in [0.2, 0.25) is 0 Å². The number of rotatable bonds is 3. The van der Waals surface area contributed by atoms with Crippen LogP contribution in [0.5, 0.6) is 5.75 Å². The van der Waals surface area contributed by atoms with Crippen molar-refractivity contribution in [1.29, 1.82) is 0 Å². The Kier molecular flexibility index (Phi) is 4.69. The van der Waals surface area contributed by atoms with Crippen LogP contribution in [0, 0.1) is 0 Å². The van der Waals surface area contributed by atoms with Crippen LogP contribution < -0.4 is 4.74 Å². The zero-order chi connectivity index (χ0) is 20.7. The molecule has 1 saturated heterocycles. The molecule has 2 amide bonds. The van der Waals surface area contributed by atoms with E-state index in [9.17, 15) is 9.59 Å². The summed E-state index contributed by atoms with van der Waals surface area (Å²) < 4.78 is 13.1. The molecule has 0 radical (unpaired) electrons. The maximum absolute atomic E-state index is 13.0. The van der Waals surface area contributed by atoms with Crippen LogP contribution in [0.3, 0.4) is 0 Å². The Morgan fingerprint density at radius 2 is 1.80 bits per heavy atom. The number of amides is 2. The summed E-state index contributed by atoms with van der Waals surface area (Å²) in [6, 6.07) is 7.31. The van der Waals surface area contributed by atoms with Gasteiger partial charge in [0.2, 0.25) is 0 Å². The third kappa shape index (κ3) is 3.12. The number of furan rings is 1. The van der Waals surface area contributed by atoms with E-state index in [1.807, 2.05) is 21.7 Å². The normalized spacial score (nSPS) is 16.6. The van der Waals surface area contributed by atoms with Gasteiger partial charge in [0.25, 0.3) is 11.8 Å². The van der Waals surface area contributed by atoms with Crippen LogP contribution in [0.1, 0.15) is 39.4 Å². The van der Waals surface area contributed by atoms with Gasteiger partial charge in [-0.1, -0.05) is 12.1 Å². The molecule has 0 spiro atoms. The number of piperazine rings is 1. The minimum atomic E-state index is -0.164. The van der Waals surface area contributed by atoms with E-state index in [0.717, 1.165) is 36.9 Å². The number of hydrogen-bond donors (Lipinski definition) is 0. The molecule has 30 heavy (non-hydrogen) atoms. The molecule has 156 valence electrons. The second-order valence-electron chi connectivity index (χ2n) is 7.76. The van der Waals surface area contributed by atoms with Crippen LogP contribution in [0.25, 0.3) is 11.0 Å². The number of carbonyl (C=O) groups excluding carboxylic acids is 2. The second-order valence-corrected chi connectivity index (χ2v) is 7.76. The summed E-state index contributed by atoms with van der Waals surface area (Å²) in [6.07, 6.45) is 4.80. The SMILES string of the molecule is COc1cccc2cc(C(=O)N3CCN(C(=O)c4cnn5c4CCCC5)CC3)oc12. The van der Waals surface area contributed by atoms with Crippen LogP contribution >= 0.6 is 0 Å². The van der Waals surface area contributed by atoms with Gasteiger partial charge in [0.05, 0.1) is 24.6 Å². The average molecular weight is 408 g/mol. The van der Waals surface area contributed by atoms with Crippen molar-refractivity contribution in [2.24, 2.45) is 0 Å². The quantitative estimate of drug-likeness (QED) is 0.665. The van der Waals surface area contributed by atoms with E-state index < -0.39 is 0 Å². The largest absolute Gasteiger partial charge is 0.493 e. The van der Waals surface area contributed by atoms with Gasteiger partial charge in [0.1, 0.15) is 0 Å². The first-order valence-electron chi connectivity index (χ1n) is 10.4. The minimum Gasteiger partial charge on any atom is -0.493 e. The van der Waals surface area contributed by atoms with Gasteiger partial charge in [-0.15, -0.1) is 0 Å². The first kappa shape index (κ1) is 18.7. The Bertz CT molecular complexity index is 1110. The molecule has 3 aromatic rings. The van der Waals surface area contributed by atoms with Crippen molar-refractivity contribution in [3.63, 3.8) is 0 Å². The molecule has 0 aliphatic carbocycles. The molecule has 0 saturated carbocycles. The van der Waals surface area contributed by atoms with Gasteiger partial charge < -0.3 is 19.0 Å². The number of aromatic nitrogens is 2. The molecular weight excluding hydrogens is 384 g/mol. The summed E-state index contributed by atoms with van der Waals surface area (Å²) in [5, 5.41) is 5.20. The molecule has 0 unspecified atom stereocenters. The molecule has 4 heterocycles. The molecule has 8 nitrogen and oxygen atoms in total. The van der Waals surface area contributed by atoms with Gasteiger partial charge >= 0.3 is 0 Å². The van der Waals surface area contributed by atoms with Gasteiger partial charge in [-0.25, -0.2) is 0 Å². The molecule has 0 atom stereocenters. The van der Waals surface area contributed by atoms with Crippen molar-refractivity contribution < 1.29 is 18.7 Å². The predicted molar refractivity (Wildman–Crippen MR) is 110 cm³/mol. The summed E-state index contributed by atoms with van der Waals surface area (Å²) >= 11 is 0. The zero-order valence-corrected chi connectivity index (χ0v) is 17.0. The molecule has 8 heteroatoms. The first-order valence-corrected chi connectivity index (χ1v) is 10.4. The van der Waals surface area contributed by atoms with E-state index in [4.69, 9.17) is 9.15 Å². The summed E-state index contributed by atoms with van der Waals surface area (Å²) in [7, 11) is 1.58. The smallest absolute Gasteiger partial charge is 0.289 e. The number of fused-ring (bicyclic) bond motifs is 2. The van der Waals surface area contributed by atoms with E-state index in [0.29, 0.717) is 48.8 Å². The molecule has 2 aromatic heterocycles. The highest BCUT2D eigenvalue weighted by Gasteiger charge is 2.30. The maximum Gasteiger partial charge on any atom is 0.289 e. The van der Waals surface area contributed by atoms with Crippen molar-refractivity contribution in [2.75, 3.05) is 33.3 Å². The summed E-state index contributed by atoms with van der Waals surface area (Å²) in [5.41, 5.74) is 2.32. The Hall–Kier alpha value is -3.29. The van der Waals surface area contributed by atoms with E-state index in [-0.39, 0.29) is 11.8 Å². The monoisotopic (exact) mass is 408 g/mol. The summed E-state index contributed by atoms with van der Waals surface area (Å²) in [5.74, 6) is 0.744. The maximum atomic E-state index is 13.0. The lowest BCUT2D eigenvalue weighted by molar-refractivity contribution is 0.0518. The number of nitrogens with zero attached hydrogens (tertiary/aromatic N) is 4. The fourth-order valence-electron chi connectivity index (χ4n) is 4.34. The van der Waals surface area contributed by atoms with Gasteiger partial charge in [0, 0.05) is 38.1 Å². The van der Waals surface area contributed by atoms with Crippen LogP contribution in [-0.4, -0.2) is 64.7 Å². The van der Waals surface area contributed by atoms with Crippen LogP contribution in [-0.2, 0) is 13.0 Å². The molecule has 2 aliphatic heterocycles. The topological polar surface area (TPSA) is 80.8 Å². The third-order valence-electron chi connectivity index (χ3n) is 6.01. The van der Waals surface area contributed by atoms with Gasteiger partial charge in [-0.3, -0.25) is 14.3 Å². The standard InChI is InChI=1S/C22H24N4O4/c1-29-18-7-4-5-15-13-19(30-20(15)18)22(28)25-11-9-24(10-12-25)21(27)16-14-23-26-8-3-2-6-17(16)26/h4-5,7,13-14H,2-3,6,8-12H2,1H3. The first-order chi connectivity index (χ1) is 14.7. The highest BCUT2D eigenvalue weighted by molar-refractivity contribution is 5.98. The molecule has 2 aliphatic rings. The minimum absolute atomic E-state index is 0.0127. The van der Waals surface area contributed by atoms with E-state index in [1.54, 1.807) is 30.3 Å². The highest BCUT2D eigenvalue weighted by Crippen LogP contribution is 2.29. The Labute approximate surface area is 174 Å². The lowest BCUT2D eigenvalue weighted by Gasteiger charge is -2.34. The van der Waals surface area contributed by atoms with E-state index >= 15 is 0 Å². The van der Waals surface area contributed by atoms with Crippen molar-refractivity contribution >= 4 is 22.8 Å². The number of methoxy groups -OCH3 is 1. The number of para-hydroxylation sites is 1. The fourth-order valence-corrected chi connectivity index (χ4v) is 4.34. The van der Waals surface area contributed by atoms with Crippen molar-refractivity contribution in [1.82, 2.24) is 19.6 Å². The van der Waals surface area contributed by atoms with Crippen molar-refractivity contribution in [3.8, 4) is 5.75 Å². The third-order valence-corrected chi connectivity index (χ3v) is 6.01. The number of carbonyl (C=O) groups is 2. The second kappa shape index (κ2) is 7.51. The Morgan fingerprint density at radius 3 is 2.57 bits per heavy atom. The van der Waals surface area contributed by atoms with Crippen LogP contribution in [0.4, 0.5) is 0 Å². The highest BCUT2D eigenvalue weighted by atomic mass is 16.5. The van der Waals surface area contributed by atoms with Crippen LogP contribution in [0.15, 0.2) is 34.9 Å². The molecule has 1 aromatic carbocycles. The lowest BCUT2D eigenvalue weighted by Crippen LogP contribution is -2.50. The number of benzene rings is 1. The summed E-state index contributed by atoms with van der Waals surface area (Å²) in [6.45, 7) is 2.83. The Morgan fingerprint density at radius 1 is 1.03 bits per heavy atom. The lowest BCUT2D eigenvalue weighted by atomic mass is 10.1. The van der Waals surface area contributed by atoms with E-state index in [1.165, 1.54) is 0 Å². The molecule has 1 fully saturated rings. The van der Waals surface area contributed by atoms with Gasteiger partial charge in [-0.2, -0.15) is 5.10 Å². The summed E-state index contributed by atoms with van der Waals surface area (Å²) in [4.78, 5) is 29.5. The molecule has 5 rings (SSSR count). The molecule has 0 N–H and O–H groups in total. The van der Waals surface area contributed by atoms with E-state index in [2.05, 4.69) is 5.10 Å². The number of ether oxygens (including phenoxy) is 1. The number of aryl methyl sites for hydroxylation is 1.